The van der Waals surface area contributed by atoms with Gasteiger partial charge in [0.1, 0.15) is 0 Å². The van der Waals surface area contributed by atoms with Gasteiger partial charge in [-0.3, -0.25) is 0 Å². The van der Waals surface area contributed by atoms with Crippen LogP contribution in [0.1, 0.15) is 24.3 Å². The molecule has 90 valence electrons. The van der Waals surface area contributed by atoms with Crippen molar-refractivity contribution in [1.29, 1.82) is 0 Å². The molecule has 0 amide bonds. The van der Waals surface area contributed by atoms with E-state index in [9.17, 15) is 0 Å². The Morgan fingerprint density at radius 3 is 3.18 bits per heavy atom. The second kappa shape index (κ2) is 4.63. The average molecular weight is 248 g/mol. The first-order valence-corrected chi connectivity index (χ1v) is 6.89. The molecule has 0 radical (unpaired) electrons. The average Bonchev–Trinajstić information content (AvgIpc) is 2.71. The minimum atomic E-state index is 0.363. The third-order valence-electron chi connectivity index (χ3n) is 3.13. The van der Waals surface area contributed by atoms with Crippen LogP contribution >= 0.6 is 11.3 Å². The molecule has 1 aromatic carbocycles. The van der Waals surface area contributed by atoms with Gasteiger partial charge in [-0.25, -0.2) is 4.98 Å². The third-order valence-corrected chi connectivity index (χ3v) is 4.17. The molecule has 1 fully saturated rings. The van der Waals surface area contributed by atoms with E-state index in [0.29, 0.717) is 6.10 Å². The first-order chi connectivity index (χ1) is 8.31. The molecule has 3 nitrogen and oxygen atoms in total. The van der Waals surface area contributed by atoms with Gasteiger partial charge in [0.05, 0.1) is 21.3 Å². The highest BCUT2D eigenvalue weighted by atomic mass is 32.1. The lowest BCUT2D eigenvalue weighted by molar-refractivity contribution is 0.0168. The van der Waals surface area contributed by atoms with Gasteiger partial charge in [-0.2, -0.15) is 0 Å². The van der Waals surface area contributed by atoms with Crippen LogP contribution < -0.4 is 5.73 Å². The third kappa shape index (κ3) is 2.42. The van der Waals surface area contributed by atoms with Crippen LogP contribution in [0.3, 0.4) is 0 Å². The van der Waals surface area contributed by atoms with Crippen molar-refractivity contribution in [3.63, 3.8) is 0 Å². The number of fused-ring (bicyclic) bond motifs is 1. The topological polar surface area (TPSA) is 48.1 Å². The Morgan fingerprint density at radius 2 is 2.35 bits per heavy atom. The van der Waals surface area contributed by atoms with E-state index in [2.05, 4.69) is 4.98 Å². The molecule has 17 heavy (non-hydrogen) atoms. The van der Waals surface area contributed by atoms with Crippen LogP contribution in [0.25, 0.3) is 10.2 Å². The van der Waals surface area contributed by atoms with E-state index in [1.165, 1.54) is 17.5 Å². The summed E-state index contributed by atoms with van der Waals surface area (Å²) in [4.78, 5) is 4.63. The van der Waals surface area contributed by atoms with Crippen molar-refractivity contribution < 1.29 is 4.74 Å². The molecule has 2 N–H and O–H groups in total. The van der Waals surface area contributed by atoms with Gasteiger partial charge >= 0.3 is 0 Å². The molecule has 1 unspecified atom stereocenters. The number of nitrogens with two attached hydrogens (primary N) is 1. The van der Waals surface area contributed by atoms with E-state index in [0.717, 1.165) is 35.7 Å². The Labute approximate surface area is 105 Å². The maximum absolute atomic E-state index is 5.77. The highest BCUT2D eigenvalue weighted by Crippen LogP contribution is 2.26. The number of hydrogen-bond donors (Lipinski definition) is 1. The van der Waals surface area contributed by atoms with Crippen LogP contribution in [0.2, 0.25) is 0 Å². The summed E-state index contributed by atoms with van der Waals surface area (Å²) in [6.45, 7) is 0.905. The lowest BCUT2D eigenvalue weighted by Gasteiger charge is -2.21. The van der Waals surface area contributed by atoms with Gasteiger partial charge in [-0.1, -0.05) is 0 Å². The molecule has 1 aliphatic rings. The standard InChI is InChI=1S/C13H16N2OS/c14-9-4-5-11-12(7-9)17-13(15-11)8-10-3-1-2-6-16-10/h4-5,7,10H,1-3,6,8,14H2. The monoisotopic (exact) mass is 248 g/mol. The zero-order valence-corrected chi connectivity index (χ0v) is 10.5. The van der Waals surface area contributed by atoms with Crippen molar-refractivity contribution in [1.82, 2.24) is 4.98 Å². The largest absolute Gasteiger partial charge is 0.399 e. The number of rotatable bonds is 2. The smallest absolute Gasteiger partial charge is 0.0964 e. The molecule has 0 aliphatic carbocycles. The number of nitrogen functional groups attached to an aromatic ring is 1. The fourth-order valence-electron chi connectivity index (χ4n) is 2.24. The van der Waals surface area contributed by atoms with Gasteiger partial charge in [-0.05, 0) is 37.5 Å². The second-order valence-electron chi connectivity index (χ2n) is 4.53. The molecule has 2 aromatic rings. The van der Waals surface area contributed by atoms with Gasteiger partial charge in [0, 0.05) is 18.7 Å². The summed E-state index contributed by atoms with van der Waals surface area (Å²) in [6, 6.07) is 5.90. The Morgan fingerprint density at radius 1 is 1.41 bits per heavy atom. The molecular weight excluding hydrogens is 232 g/mol. The SMILES string of the molecule is Nc1ccc2nc(CC3CCCCO3)sc2c1. The number of thiazole rings is 1. The number of benzene rings is 1. The fraction of sp³-hybridized carbons (Fsp3) is 0.462. The van der Waals surface area contributed by atoms with Gasteiger partial charge < -0.3 is 10.5 Å². The van der Waals surface area contributed by atoms with Crippen molar-refractivity contribution in [2.24, 2.45) is 0 Å². The molecule has 4 heteroatoms. The summed E-state index contributed by atoms with van der Waals surface area (Å²) in [5.74, 6) is 0. The van der Waals surface area contributed by atoms with Crippen LogP contribution in [-0.2, 0) is 11.2 Å². The minimum absolute atomic E-state index is 0.363. The molecule has 1 atom stereocenters. The zero-order valence-electron chi connectivity index (χ0n) is 9.69. The van der Waals surface area contributed by atoms with Crippen LogP contribution in [0.5, 0.6) is 0 Å². The summed E-state index contributed by atoms with van der Waals surface area (Å²) in [6.07, 6.45) is 4.95. The first kappa shape index (κ1) is 11.0. The lowest BCUT2D eigenvalue weighted by atomic mass is 10.1. The van der Waals surface area contributed by atoms with E-state index in [1.54, 1.807) is 11.3 Å². The quantitative estimate of drug-likeness (QED) is 0.831. The van der Waals surface area contributed by atoms with Gasteiger partial charge in [0.2, 0.25) is 0 Å². The van der Waals surface area contributed by atoms with Crippen molar-refractivity contribution in [2.75, 3.05) is 12.3 Å². The molecule has 2 heterocycles. The van der Waals surface area contributed by atoms with Crippen LogP contribution in [0, 0.1) is 0 Å². The Kier molecular flexibility index (Phi) is 2.99. The number of nitrogens with zero attached hydrogens (tertiary/aromatic N) is 1. The second-order valence-corrected chi connectivity index (χ2v) is 5.64. The number of hydrogen-bond acceptors (Lipinski definition) is 4. The first-order valence-electron chi connectivity index (χ1n) is 6.08. The van der Waals surface area contributed by atoms with Crippen molar-refractivity contribution in [2.45, 2.75) is 31.8 Å². The van der Waals surface area contributed by atoms with E-state index < -0.39 is 0 Å². The number of anilines is 1. The van der Waals surface area contributed by atoms with Gasteiger partial charge in [-0.15, -0.1) is 11.3 Å². The molecule has 1 saturated heterocycles. The van der Waals surface area contributed by atoms with Crippen LogP contribution in [-0.4, -0.2) is 17.7 Å². The number of ether oxygens (including phenoxy) is 1. The molecule has 0 spiro atoms. The normalized spacial score (nSPS) is 20.8. The summed E-state index contributed by atoms with van der Waals surface area (Å²) in [5.41, 5.74) is 7.63. The Bertz CT molecular complexity index is 517. The highest BCUT2D eigenvalue weighted by Gasteiger charge is 2.16. The van der Waals surface area contributed by atoms with Crippen molar-refractivity contribution in [3.8, 4) is 0 Å². The van der Waals surface area contributed by atoms with Crippen LogP contribution in [0.15, 0.2) is 18.2 Å². The maximum atomic E-state index is 5.77. The summed E-state index contributed by atoms with van der Waals surface area (Å²) in [7, 11) is 0. The zero-order chi connectivity index (χ0) is 11.7. The van der Waals surface area contributed by atoms with Gasteiger partial charge in [0.25, 0.3) is 0 Å². The molecular formula is C13H16N2OS. The fourth-order valence-corrected chi connectivity index (χ4v) is 3.32. The summed E-state index contributed by atoms with van der Waals surface area (Å²) >= 11 is 1.73. The molecule has 1 aromatic heterocycles. The van der Waals surface area contributed by atoms with E-state index in [-0.39, 0.29) is 0 Å². The Hall–Kier alpha value is -1.13. The number of aromatic nitrogens is 1. The lowest BCUT2D eigenvalue weighted by Crippen LogP contribution is -2.21. The molecule has 1 aliphatic heterocycles. The Balaban J connectivity index is 1.80. The molecule has 0 saturated carbocycles. The van der Waals surface area contributed by atoms with E-state index >= 15 is 0 Å². The van der Waals surface area contributed by atoms with E-state index in [1.807, 2.05) is 18.2 Å². The highest BCUT2D eigenvalue weighted by molar-refractivity contribution is 7.18. The van der Waals surface area contributed by atoms with Crippen LogP contribution in [0.4, 0.5) is 5.69 Å². The predicted octanol–water partition coefficient (Wildman–Crippen LogP) is 2.99. The minimum Gasteiger partial charge on any atom is -0.399 e. The van der Waals surface area contributed by atoms with Crippen molar-refractivity contribution >= 4 is 27.2 Å². The van der Waals surface area contributed by atoms with E-state index in [4.69, 9.17) is 10.5 Å². The molecule has 3 rings (SSSR count). The molecule has 0 bridgehead atoms. The maximum Gasteiger partial charge on any atom is 0.0964 e. The van der Waals surface area contributed by atoms with Crippen molar-refractivity contribution in [3.05, 3.63) is 23.2 Å². The van der Waals surface area contributed by atoms with Gasteiger partial charge in [0.15, 0.2) is 0 Å². The summed E-state index contributed by atoms with van der Waals surface area (Å²) in [5, 5.41) is 1.16. The predicted molar refractivity (Wildman–Crippen MR) is 71.3 cm³/mol. The summed E-state index contributed by atoms with van der Waals surface area (Å²) < 4.78 is 6.92.